The molecule has 0 spiro atoms. The van der Waals surface area contributed by atoms with E-state index in [1.54, 1.807) is 18.2 Å². The molecule has 3 aliphatic heterocycles. The number of carbonyl (C=O) groups is 1. The van der Waals surface area contributed by atoms with Gasteiger partial charge in [0.1, 0.15) is 0 Å². The van der Waals surface area contributed by atoms with E-state index >= 15 is 0 Å². The summed E-state index contributed by atoms with van der Waals surface area (Å²) < 4.78 is 40.8. The number of rotatable bonds is 6. The van der Waals surface area contributed by atoms with Crippen LogP contribution in [0.1, 0.15) is 65.0 Å². The van der Waals surface area contributed by atoms with Crippen molar-refractivity contribution in [2.45, 2.75) is 50.5 Å². The quantitative estimate of drug-likeness (QED) is 0.413. The summed E-state index contributed by atoms with van der Waals surface area (Å²) in [5, 5.41) is 3.62. The maximum atomic E-state index is 13.3. The van der Waals surface area contributed by atoms with Crippen molar-refractivity contribution in [3.05, 3.63) is 88.5 Å². The number of ether oxygens (including phenoxy) is 2. The van der Waals surface area contributed by atoms with Gasteiger partial charge in [-0.1, -0.05) is 44.2 Å². The van der Waals surface area contributed by atoms with Crippen molar-refractivity contribution in [3.63, 3.8) is 0 Å². The topological polar surface area (TPSA) is 93.7 Å². The number of ketones is 1. The van der Waals surface area contributed by atoms with E-state index < -0.39 is 10.0 Å². The molecule has 0 saturated carbocycles. The van der Waals surface area contributed by atoms with Gasteiger partial charge in [-0.2, -0.15) is 0 Å². The van der Waals surface area contributed by atoms with Gasteiger partial charge in [0.2, 0.25) is 0 Å². The van der Waals surface area contributed by atoms with Gasteiger partial charge >= 0.3 is 0 Å². The smallest absolute Gasteiger partial charge is 0.261 e. The molecule has 8 heteroatoms. The summed E-state index contributed by atoms with van der Waals surface area (Å²) in [7, 11) is -3.78. The molecule has 192 valence electrons. The summed E-state index contributed by atoms with van der Waals surface area (Å²) >= 11 is 0. The summed E-state index contributed by atoms with van der Waals surface area (Å²) in [6.07, 6.45) is 0.659. The second-order valence-corrected chi connectivity index (χ2v) is 12.0. The van der Waals surface area contributed by atoms with E-state index in [0.717, 1.165) is 34.4 Å². The van der Waals surface area contributed by atoms with E-state index in [9.17, 15) is 13.2 Å². The number of carbonyl (C=O) groups excluding carboxylic acids is 1. The van der Waals surface area contributed by atoms with Crippen LogP contribution >= 0.6 is 0 Å². The molecule has 3 atom stereocenters. The van der Waals surface area contributed by atoms with Gasteiger partial charge in [0.25, 0.3) is 10.0 Å². The van der Waals surface area contributed by atoms with Gasteiger partial charge in [-0.15, -0.1) is 0 Å². The number of hydrogen-bond acceptors (Lipinski definition) is 6. The minimum absolute atomic E-state index is 0.0115. The van der Waals surface area contributed by atoms with E-state index in [0.29, 0.717) is 31.1 Å². The average molecular weight is 519 g/mol. The molecule has 0 aromatic heterocycles. The lowest BCUT2D eigenvalue weighted by Gasteiger charge is -2.36. The molecular formula is C29H30N2O5S. The number of sulfonamides is 1. The molecule has 7 nitrogen and oxygen atoms in total. The van der Waals surface area contributed by atoms with Crippen LogP contribution in [0.4, 0.5) is 11.4 Å². The first-order valence-electron chi connectivity index (χ1n) is 12.7. The third-order valence-corrected chi connectivity index (χ3v) is 8.95. The zero-order valence-corrected chi connectivity index (χ0v) is 21.7. The molecule has 1 saturated heterocycles. The van der Waals surface area contributed by atoms with Crippen LogP contribution in [-0.2, 0) is 32.7 Å². The Labute approximate surface area is 217 Å². The van der Waals surface area contributed by atoms with Gasteiger partial charge < -0.3 is 14.8 Å². The highest BCUT2D eigenvalue weighted by molar-refractivity contribution is 7.92. The number of Topliss-reactive ketones (excluding diaryl/α,β-unsaturated/α-hetero) is 1. The van der Waals surface area contributed by atoms with Gasteiger partial charge in [0, 0.05) is 40.9 Å². The zero-order valence-electron chi connectivity index (χ0n) is 20.9. The maximum absolute atomic E-state index is 13.3. The Kier molecular flexibility index (Phi) is 6.06. The number of benzene rings is 3. The first-order valence-corrected chi connectivity index (χ1v) is 14.2. The molecule has 3 heterocycles. The molecule has 0 radical (unpaired) electrons. The molecule has 3 aromatic rings. The van der Waals surface area contributed by atoms with Gasteiger partial charge in [-0.25, -0.2) is 8.42 Å². The van der Waals surface area contributed by atoms with Crippen molar-refractivity contribution < 1.29 is 22.7 Å². The van der Waals surface area contributed by atoms with Crippen molar-refractivity contribution in [1.82, 2.24) is 0 Å². The Hall–Kier alpha value is -3.20. The number of fused-ring (bicyclic) bond motifs is 4. The highest BCUT2D eigenvalue weighted by Gasteiger charge is 2.42. The van der Waals surface area contributed by atoms with E-state index in [-0.39, 0.29) is 34.7 Å². The Balaban J connectivity index is 1.27. The largest absolute Gasteiger partial charge is 0.378 e. The fourth-order valence-corrected chi connectivity index (χ4v) is 6.67. The number of hydrogen-bond donors (Lipinski definition) is 2. The summed E-state index contributed by atoms with van der Waals surface area (Å²) in [4.78, 5) is 12.6. The minimum atomic E-state index is -3.78. The monoisotopic (exact) mass is 518 g/mol. The summed E-state index contributed by atoms with van der Waals surface area (Å²) in [6, 6.07) is 18.5. The number of nitrogens with one attached hydrogen (secondary N) is 2. The normalized spacial score (nSPS) is 22.2. The van der Waals surface area contributed by atoms with Gasteiger partial charge in [0.15, 0.2) is 5.78 Å². The second-order valence-electron chi connectivity index (χ2n) is 10.3. The molecule has 0 amide bonds. The molecule has 0 bridgehead atoms. The zero-order chi connectivity index (χ0) is 25.7. The summed E-state index contributed by atoms with van der Waals surface area (Å²) in [5.41, 5.74) is 6.14. The first kappa shape index (κ1) is 24.2. The van der Waals surface area contributed by atoms with Crippen molar-refractivity contribution in [2.24, 2.45) is 11.8 Å². The van der Waals surface area contributed by atoms with Gasteiger partial charge in [0.05, 0.1) is 30.3 Å². The van der Waals surface area contributed by atoms with Gasteiger partial charge in [-0.05, 0) is 53.4 Å². The second kappa shape index (κ2) is 9.28. The molecule has 3 aliphatic rings. The van der Waals surface area contributed by atoms with Crippen LogP contribution in [0, 0.1) is 11.8 Å². The van der Waals surface area contributed by atoms with Crippen LogP contribution in [0.25, 0.3) is 0 Å². The van der Waals surface area contributed by atoms with Crippen LogP contribution < -0.4 is 10.0 Å². The highest BCUT2D eigenvalue weighted by Crippen LogP contribution is 2.50. The van der Waals surface area contributed by atoms with Crippen LogP contribution in [0.15, 0.2) is 65.6 Å². The molecule has 37 heavy (non-hydrogen) atoms. The molecule has 1 unspecified atom stereocenters. The Morgan fingerprint density at radius 3 is 2.57 bits per heavy atom. The number of anilines is 2. The third-order valence-electron chi connectivity index (χ3n) is 7.57. The average Bonchev–Trinajstić information content (AvgIpc) is 3.57. The van der Waals surface area contributed by atoms with Crippen molar-refractivity contribution >= 4 is 27.2 Å². The third kappa shape index (κ3) is 4.43. The standard InChI is InChI=1S/C29H30N2O5S/c1-17(2)28(32)19-5-3-18(4-6-19)27-24-11-12-36-29(24)25-14-23(9-10-26(25)30-27)37(33,34)31-22-8-7-20-15-35-16-21(20)13-22/h3-10,13-14,17,24,27,29-31H,11-12,15-16H2,1-2H3/t24-,27?,29-/m0/s1. The van der Waals surface area contributed by atoms with E-state index in [1.165, 1.54) is 0 Å². The SMILES string of the molecule is CC(C)C(=O)c1ccc(C2Nc3ccc(S(=O)(=O)Nc4ccc5c(c4)COC5)cc3[C@H]3OCC[C@@H]23)cc1. The van der Waals surface area contributed by atoms with Crippen molar-refractivity contribution in [1.29, 1.82) is 0 Å². The fraction of sp³-hybridized carbons (Fsp3) is 0.345. The summed E-state index contributed by atoms with van der Waals surface area (Å²) in [6.45, 7) is 5.48. The molecule has 3 aromatic carbocycles. The van der Waals surface area contributed by atoms with E-state index in [4.69, 9.17) is 9.47 Å². The van der Waals surface area contributed by atoms with Crippen molar-refractivity contribution in [2.75, 3.05) is 16.6 Å². The lowest BCUT2D eigenvalue weighted by Crippen LogP contribution is -2.29. The van der Waals surface area contributed by atoms with Crippen LogP contribution in [0.5, 0.6) is 0 Å². The van der Waals surface area contributed by atoms with Crippen LogP contribution in [0.2, 0.25) is 0 Å². The maximum Gasteiger partial charge on any atom is 0.261 e. The fourth-order valence-electron chi connectivity index (χ4n) is 5.59. The van der Waals surface area contributed by atoms with Crippen LogP contribution in [0.3, 0.4) is 0 Å². The predicted octanol–water partition coefficient (Wildman–Crippen LogP) is 5.60. The summed E-state index contributed by atoms with van der Waals surface area (Å²) in [5.74, 6) is 0.239. The lowest BCUT2D eigenvalue weighted by atomic mass is 9.81. The molecular weight excluding hydrogens is 488 g/mol. The Morgan fingerprint density at radius 1 is 1.00 bits per heavy atom. The minimum Gasteiger partial charge on any atom is -0.378 e. The Bertz CT molecular complexity index is 1470. The highest BCUT2D eigenvalue weighted by atomic mass is 32.2. The molecule has 2 N–H and O–H groups in total. The predicted molar refractivity (Wildman–Crippen MR) is 141 cm³/mol. The lowest BCUT2D eigenvalue weighted by molar-refractivity contribution is 0.0827. The van der Waals surface area contributed by atoms with E-state index in [2.05, 4.69) is 10.0 Å². The van der Waals surface area contributed by atoms with Crippen LogP contribution in [-0.4, -0.2) is 20.8 Å². The molecule has 1 fully saturated rings. The first-order chi connectivity index (χ1) is 17.8. The molecule has 6 rings (SSSR count). The Morgan fingerprint density at radius 2 is 1.78 bits per heavy atom. The van der Waals surface area contributed by atoms with Gasteiger partial charge in [-0.3, -0.25) is 9.52 Å². The molecule has 0 aliphatic carbocycles. The van der Waals surface area contributed by atoms with Crippen molar-refractivity contribution in [3.8, 4) is 0 Å². The van der Waals surface area contributed by atoms with E-state index in [1.807, 2.05) is 56.3 Å².